The summed E-state index contributed by atoms with van der Waals surface area (Å²) in [6.07, 6.45) is 2.04. The summed E-state index contributed by atoms with van der Waals surface area (Å²) in [5.74, 6) is 0. The van der Waals surface area contributed by atoms with Crippen LogP contribution in [0.25, 0.3) is 0 Å². The third-order valence-electron chi connectivity index (χ3n) is 11.5. The largest absolute Gasteiger partial charge is 0.346 e. The van der Waals surface area contributed by atoms with Gasteiger partial charge in [0.1, 0.15) is 0 Å². The molecule has 0 N–H and O–H groups in total. The minimum Gasteiger partial charge on any atom is -0.346 e. The van der Waals surface area contributed by atoms with E-state index in [2.05, 4.69) is 266 Å². The van der Waals surface area contributed by atoms with E-state index >= 15 is 0 Å². The van der Waals surface area contributed by atoms with Crippen molar-refractivity contribution in [1.82, 2.24) is 0 Å². The van der Waals surface area contributed by atoms with E-state index in [0.29, 0.717) is 0 Å². The van der Waals surface area contributed by atoms with Crippen molar-refractivity contribution in [3.05, 3.63) is 239 Å². The van der Waals surface area contributed by atoms with Gasteiger partial charge in [-0.1, -0.05) is 206 Å². The molecule has 5 heteroatoms. The third kappa shape index (κ3) is 10.9. The van der Waals surface area contributed by atoms with Gasteiger partial charge in [-0.05, 0) is 101 Å². The second-order valence-corrected chi connectivity index (χ2v) is 23.3. The van der Waals surface area contributed by atoms with Crippen LogP contribution in [0.1, 0.15) is 58.4 Å². The molecule has 2 atom stereocenters. The van der Waals surface area contributed by atoms with Crippen molar-refractivity contribution in [2.24, 2.45) is 0 Å². The molecule has 0 aliphatic carbocycles. The van der Waals surface area contributed by atoms with Crippen molar-refractivity contribution < 1.29 is 0 Å². The molecule has 64 heavy (non-hydrogen) atoms. The SMILES string of the molecule is CCc1cccc(C)c1N(C)P(c1ccccc1)c1ccccc1.CCc1cccc(C)c1N(P(c1ccccc1)c1cc(C)cc(C)c1)P(c1ccccc1)c1cc(C)cc(C)c1. The first kappa shape index (κ1) is 46.6. The molecular weight excluding hydrogens is 830 g/mol. The zero-order valence-electron chi connectivity index (χ0n) is 39.1. The van der Waals surface area contributed by atoms with Gasteiger partial charge < -0.3 is 9.11 Å². The molecule has 0 saturated heterocycles. The Morgan fingerprint density at radius 3 is 0.984 bits per heavy atom. The quantitative estimate of drug-likeness (QED) is 0.106. The van der Waals surface area contributed by atoms with Gasteiger partial charge >= 0.3 is 0 Å². The van der Waals surface area contributed by atoms with Gasteiger partial charge in [0.05, 0.1) is 29.9 Å². The number of para-hydroxylation sites is 2. The summed E-state index contributed by atoms with van der Waals surface area (Å²) in [6, 6.07) is 71.9. The fourth-order valence-corrected chi connectivity index (χ4v) is 17.8. The molecule has 2 nitrogen and oxygen atoms in total. The summed E-state index contributed by atoms with van der Waals surface area (Å²) in [5.41, 5.74) is 13.5. The minimum atomic E-state index is -0.905. The van der Waals surface area contributed by atoms with E-state index in [4.69, 9.17) is 0 Å². The van der Waals surface area contributed by atoms with Gasteiger partial charge in [-0.3, -0.25) is 0 Å². The first-order valence-electron chi connectivity index (χ1n) is 22.6. The van der Waals surface area contributed by atoms with Gasteiger partial charge in [-0.25, -0.2) is 0 Å². The van der Waals surface area contributed by atoms with E-state index in [9.17, 15) is 0 Å². The summed E-state index contributed by atoms with van der Waals surface area (Å²) < 4.78 is 5.35. The van der Waals surface area contributed by atoms with Crippen molar-refractivity contribution in [2.45, 2.75) is 68.2 Å². The maximum atomic E-state index is 2.85. The molecule has 0 aliphatic rings. The molecule has 0 radical (unpaired) electrons. The lowest BCUT2D eigenvalue weighted by molar-refractivity contribution is 1.11. The van der Waals surface area contributed by atoms with E-state index in [1.807, 2.05) is 0 Å². The van der Waals surface area contributed by atoms with Gasteiger partial charge in [0.15, 0.2) is 0 Å². The highest BCUT2D eigenvalue weighted by molar-refractivity contribution is 7.90. The molecule has 0 amide bonds. The second kappa shape index (κ2) is 22.0. The Hall–Kier alpha value is -5.35. The predicted octanol–water partition coefficient (Wildman–Crippen LogP) is 13.7. The highest BCUT2D eigenvalue weighted by Gasteiger charge is 2.35. The monoisotopic (exact) mass is 892 g/mol. The molecule has 0 aromatic heterocycles. The zero-order valence-corrected chi connectivity index (χ0v) is 41.8. The van der Waals surface area contributed by atoms with Crippen molar-refractivity contribution >= 4 is 67.4 Å². The molecule has 0 spiro atoms. The van der Waals surface area contributed by atoms with E-state index in [1.54, 1.807) is 0 Å². The van der Waals surface area contributed by atoms with E-state index in [1.165, 1.54) is 87.7 Å². The summed E-state index contributed by atoms with van der Waals surface area (Å²) in [4.78, 5) is 0. The number of rotatable bonds is 13. The smallest absolute Gasteiger partial charge is 0.0591 e. The molecule has 2 unspecified atom stereocenters. The van der Waals surface area contributed by atoms with Gasteiger partial charge in [-0.15, -0.1) is 0 Å². The number of nitrogens with zero attached hydrogens (tertiary/aromatic N) is 2. The molecule has 8 aromatic rings. The van der Waals surface area contributed by atoms with Gasteiger partial charge in [-0.2, -0.15) is 0 Å². The molecule has 0 bridgehead atoms. The molecule has 0 fully saturated rings. The fraction of sp³-hybridized carbons (Fsp3) is 0.186. The number of benzene rings is 8. The predicted molar refractivity (Wildman–Crippen MR) is 288 cm³/mol. The van der Waals surface area contributed by atoms with Gasteiger partial charge in [0.2, 0.25) is 0 Å². The Labute approximate surface area is 388 Å². The van der Waals surface area contributed by atoms with Crippen LogP contribution >= 0.6 is 24.2 Å². The van der Waals surface area contributed by atoms with Crippen molar-refractivity contribution in [3.63, 3.8) is 0 Å². The van der Waals surface area contributed by atoms with Crippen LogP contribution in [0.5, 0.6) is 0 Å². The lowest BCUT2D eigenvalue weighted by Gasteiger charge is -2.42. The Morgan fingerprint density at radius 2 is 0.641 bits per heavy atom. The second-order valence-electron chi connectivity index (χ2n) is 16.7. The maximum absolute atomic E-state index is 2.85. The van der Waals surface area contributed by atoms with Crippen LogP contribution in [-0.2, 0) is 12.8 Å². The highest BCUT2D eigenvalue weighted by Crippen LogP contribution is 2.59. The zero-order chi connectivity index (χ0) is 45.2. The van der Waals surface area contributed by atoms with Crippen LogP contribution in [0.15, 0.2) is 194 Å². The Bertz CT molecular complexity index is 2560. The fourth-order valence-electron chi connectivity index (χ4n) is 8.80. The standard InChI is InChI=1S/C37H39NP2.C22H24NP/c1-7-32-16-14-15-31(6)37(32)38(39(33-17-10-8-11-18-33)35-23-27(2)21-28(3)24-35)40(34-19-12-9-13-20-34)36-25-29(4)22-30(5)26-36;1-4-19-13-11-12-18(2)22(19)23(3)24(20-14-7-5-8-15-20)21-16-9-6-10-17-21/h8-26H,7H2,1-6H3;5-17H,4H2,1-3H3. The number of aryl methyl sites for hydroxylation is 8. The van der Waals surface area contributed by atoms with Crippen LogP contribution in [0.2, 0.25) is 0 Å². The minimum absolute atomic E-state index is 0.593. The van der Waals surface area contributed by atoms with Crippen LogP contribution in [0, 0.1) is 41.5 Å². The van der Waals surface area contributed by atoms with E-state index in [0.717, 1.165) is 12.8 Å². The normalized spacial score (nSPS) is 12.0. The molecule has 0 heterocycles. The first-order chi connectivity index (χ1) is 31.1. The average molecular weight is 893 g/mol. The van der Waals surface area contributed by atoms with Gasteiger partial charge in [0.25, 0.3) is 0 Å². The lowest BCUT2D eigenvalue weighted by Crippen LogP contribution is -2.33. The molecule has 8 rings (SSSR count). The Balaban J connectivity index is 0.000000217. The van der Waals surface area contributed by atoms with Crippen LogP contribution < -0.4 is 40.9 Å². The molecule has 0 aliphatic heterocycles. The van der Waals surface area contributed by atoms with E-state index in [-0.39, 0.29) is 0 Å². The highest BCUT2D eigenvalue weighted by atomic mass is 31.2. The van der Waals surface area contributed by atoms with Crippen molar-refractivity contribution in [2.75, 3.05) is 16.2 Å². The van der Waals surface area contributed by atoms with Crippen molar-refractivity contribution in [3.8, 4) is 0 Å². The summed E-state index contributed by atoms with van der Waals surface area (Å²) >= 11 is 0. The number of hydrogen-bond donors (Lipinski definition) is 0. The molecule has 8 aromatic carbocycles. The molecule has 324 valence electrons. The lowest BCUT2D eigenvalue weighted by atomic mass is 10.1. The van der Waals surface area contributed by atoms with Gasteiger partial charge in [0, 0.05) is 44.6 Å². The Kier molecular flexibility index (Phi) is 16.1. The summed E-state index contributed by atoms with van der Waals surface area (Å²) in [6.45, 7) is 18.0. The first-order valence-corrected chi connectivity index (χ1v) is 26.4. The maximum Gasteiger partial charge on any atom is 0.0591 e. The topological polar surface area (TPSA) is 6.48 Å². The van der Waals surface area contributed by atoms with Crippen LogP contribution in [-0.4, -0.2) is 7.05 Å². The number of anilines is 2. The number of hydrogen-bond acceptors (Lipinski definition) is 2. The van der Waals surface area contributed by atoms with Crippen molar-refractivity contribution in [1.29, 1.82) is 0 Å². The Morgan fingerprint density at radius 1 is 0.328 bits per heavy atom. The summed E-state index contributed by atoms with van der Waals surface area (Å²) in [5, 5.41) is 8.31. The molecule has 0 saturated carbocycles. The third-order valence-corrected chi connectivity index (χ3v) is 19.2. The average Bonchev–Trinajstić information content (AvgIpc) is 3.30. The van der Waals surface area contributed by atoms with Crippen LogP contribution in [0.4, 0.5) is 11.4 Å². The molecular formula is C59H63N2P3. The van der Waals surface area contributed by atoms with Crippen LogP contribution in [0.3, 0.4) is 0 Å². The van der Waals surface area contributed by atoms with E-state index < -0.39 is 24.2 Å². The summed E-state index contributed by atoms with van der Waals surface area (Å²) in [7, 11) is -0.160.